The Morgan fingerprint density at radius 2 is 1.80 bits per heavy atom. The van der Waals surface area contributed by atoms with Crippen molar-refractivity contribution in [3.05, 3.63) is 117 Å². The SMILES string of the molecule is CCCc1c(Cc2ccc(-c3ccccc3-c3noc(=O)[nH]3)cc2)c(=O)n(-c2ccc(F)c(OC)c2)c2ncnn12. The van der Waals surface area contributed by atoms with Gasteiger partial charge in [-0.2, -0.15) is 10.1 Å². The summed E-state index contributed by atoms with van der Waals surface area (Å²) in [4.78, 5) is 32.5. The molecular weight excluding hydrogens is 527 g/mol. The zero-order valence-corrected chi connectivity index (χ0v) is 22.3. The van der Waals surface area contributed by atoms with E-state index in [0.717, 1.165) is 34.4 Å². The zero-order valence-electron chi connectivity index (χ0n) is 22.3. The molecule has 10 nitrogen and oxygen atoms in total. The van der Waals surface area contributed by atoms with E-state index in [9.17, 15) is 14.0 Å². The molecule has 0 spiro atoms. The van der Waals surface area contributed by atoms with Crippen LogP contribution < -0.4 is 16.1 Å². The minimum atomic E-state index is -0.623. The summed E-state index contributed by atoms with van der Waals surface area (Å²) in [6, 6.07) is 19.7. The predicted molar refractivity (Wildman–Crippen MR) is 150 cm³/mol. The van der Waals surface area contributed by atoms with E-state index in [0.29, 0.717) is 35.7 Å². The number of H-pyrrole nitrogens is 1. The maximum atomic E-state index is 14.2. The third-order valence-electron chi connectivity index (χ3n) is 6.94. The second-order valence-electron chi connectivity index (χ2n) is 9.47. The molecule has 0 atom stereocenters. The first-order valence-electron chi connectivity index (χ1n) is 13.0. The van der Waals surface area contributed by atoms with Crippen LogP contribution in [0.4, 0.5) is 4.39 Å². The molecule has 0 aliphatic rings. The van der Waals surface area contributed by atoms with Crippen LogP contribution in [0.2, 0.25) is 0 Å². The third-order valence-corrected chi connectivity index (χ3v) is 6.94. The minimum absolute atomic E-state index is 0.0248. The lowest BCUT2D eigenvalue weighted by Gasteiger charge is -2.16. The summed E-state index contributed by atoms with van der Waals surface area (Å²) in [7, 11) is 1.38. The van der Waals surface area contributed by atoms with E-state index in [4.69, 9.17) is 9.26 Å². The van der Waals surface area contributed by atoms with Gasteiger partial charge >= 0.3 is 5.76 Å². The zero-order chi connectivity index (χ0) is 28.5. The van der Waals surface area contributed by atoms with Gasteiger partial charge in [-0.1, -0.05) is 67.0 Å². The van der Waals surface area contributed by atoms with E-state index in [1.807, 2.05) is 55.5 Å². The highest BCUT2D eigenvalue weighted by molar-refractivity contribution is 5.80. The standard InChI is InChI=1S/C30H25FN6O4/c1-3-6-25-23(28(38)36(29-32-17-33-37(25)29)20-13-14-24(31)26(16-20)40-2)15-18-9-11-19(12-10-18)21-7-4-5-8-22(21)27-34-30(39)41-35-27/h4-5,7-14,16-17H,3,6,15H2,1-2H3,(H,34,35,39). The summed E-state index contributed by atoms with van der Waals surface area (Å²) in [5.41, 5.74) is 4.93. The maximum Gasteiger partial charge on any atom is 0.439 e. The van der Waals surface area contributed by atoms with Crippen molar-refractivity contribution in [3.63, 3.8) is 0 Å². The van der Waals surface area contributed by atoms with Crippen LogP contribution in [-0.4, -0.2) is 36.4 Å². The van der Waals surface area contributed by atoms with Crippen LogP contribution in [0.1, 0.15) is 30.2 Å². The van der Waals surface area contributed by atoms with Crippen molar-refractivity contribution in [1.82, 2.24) is 29.3 Å². The van der Waals surface area contributed by atoms with E-state index < -0.39 is 11.6 Å². The van der Waals surface area contributed by atoms with Crippen molar-refractivity contribution >= 4 is 5.78 Å². The largest absolute Gasteiger partial charge is 0.494 e. The van der Waals surface area contributed by atoms with Crippen molar-refractivity contribution in [2.24, 2.45) is 0 Å². The lowest BCUT2D eigenvalue weighted by atomic mass is 9.96. The highest BCUT2D eigenvalue weighted by Gasteiger charge is 2.21. The maximum absolute atomic E-state index is 14.2. The molecule has 0 bridgehead atoms. The molecule has 3 aromatic carbocycles. The van der Waals surface area contributed by atoms with Crippen molar-refractivity contribution < 1.29 is 13.7 Å². The molecule has 41 heavy (non-hydrogen) atoms. The monoisotopic (exact) mass is 552 g/mol. The first-order chi connectivity index (χ1) is 20.0. The second-order valence-corrected chi connectivity index (χ2v) is 9.47. The molecule has 1 N–H and O–H groups in total. The van der Waals surface area contributed by atoms with Crippen LogP contribution in [0.15, 0.2) is 87.2 Å². The summed E-state index contributed by atoms with van der Waals surface area (Å²) in [5.74, 6) is -0.438. The third kappa shape index (κ3) is 4.71. The Labute approximate surface area is 232 Å². The van der Waals surface area contributed by atoms with Crippen LogP contribution in [-0.2, 0) is 12.8 Å². The summed E-state index contributed by atoms with van der Waals surface area (Å²) in [6.45, 7) is 2.04. The van der Waals surface area contributed by atoms with E-state index in [1.54, 1.807) is 4.52 Å². The molecule has 3 aromatic heterocycles. The highest BCUT2D eigenvalue weighted by Crippen LogP contribution is 2.30. The van der Waals surface area contributed by atoms with E-state index >= 15 is 0 Å². The van der Waals surface area contributed by atoms with Gasteiger partial charge in [0.05, 0.1) is 18.5 Å². The second kappa shape index (κ2) is 10.7. The number of nitrogens with zero attached hydrogens (tertiary/aromatic N) is 5. The Bertz CT molecular complexity index is 1990. The van der Waals surface area contributed by atoms with Crippen LogP contribution >= 0.6 is 0 Å². The van der Waals surface area contributed by atoms with E-state index in [2.05, 4.69) is 20.2 Å². The number of halogens is 1. The molecule has 3 heterocycles. The minimum Gasteiger partial charge on any atom is -0.494 e. The summed E-state index contributed by atoms with van der Waals surface area (Å²) >= 11 is 0. The number of nitrogens with one attached hydrogen (secondary N) is 1. The molecule has 11 heteroatoms. The molecule has 0 radical (unpaired) electrons. The number of aryl methyl sites for hydroxylation is 1. The fraction of sp³-hybridized carbons (Fsp3) is 0.167. The Kier molecular flexibility index (Phi) is 6.76. The number of ether oxygens (including phenoxy) is 1. The number of methoxy groups -OCH3 is 1. The van der Waals surface area contributed by atoms with Crippen LogP contribution in [0, 0.1) is 5.82 Å². The molecular formula is C30H25FN6O4. The summed E-state index contributed by atoms with van der Waals surface area (Å²) < 4.78 is 27.1. The van der Waals surface area contributed by atoms with Crippen LogP contribution in [0.3, 0.4) is 0 Å². The number of aromatic amines is 1. The molecule has 0 fully saturated rings. The number of rotatable bonds is 8. The topological polar surface area (TPSA) is 120 Å². The van der Waals surface area contributed by atoms with Gasteiger partial charge in [0.25, 0.3) is 5.56 Å². The Hall–Kier alpha value is -5.32. The van der Waals surface area contributed by atoms with E-state index in [1.165, 1.54) is 36.2 Å². The van der Waals surface area contributed by atoms with Crippen molar-refractivity contribution in [2.75, 3.05) is 7.11 Å². The quantitative estimate of drug-likeness (QED) is 0.293. The lowest BCUT2D eigenvalue weighted by Crippen LogP contribution is -2.28. The Morgan fingerprint density at radius 3 is 2.51 bits per heavy atom. The van der Waals surface area contributed by atoms with Gasteiger partial charge < -0.3 is 4.74 Å². The van der Waals surface area contributed by atoms with Gasteiger partial charge in [0, 0.05) is 23.6 Å². The van der Waals surface area contributed by atoms with Crippen molar-refractivity contribution in [3.8, 4) is 34.0 Å². The van der Waals surface area contributed by atoms with Crippen molar-refractivity contribution in [1.29, 1.82) is 0 Å². The molecule has 0 aliphatic heterocycles. The average Bonchev–Trinajstić information content (AvgIpc) is 3.65. The molecule has 6 rings (SSSR count). The van der Waals surface area contributed by atoms with Gasteiger partial charge in [0.1, 0.15) is 6.33 Å². The molecule has 206 valence electrons. The Balaban J connectivity index is 1.43. The average molecular weight is 553 g/mol. The first kappa shape index (κ1) is 25.9. The van der Waals surface area contributed by atoms with Crippen LogP contribution in [0.25, 0.3) is 34.0 Å². The molecule has 0 aliphatic carbocycles. The molecule has 0 unspecified atom stereocenters. The van der Waals surface area contributed by atoms with Gasteiger partial charge in [0.15, 0.2) is 17.4 Å². The molecule has 6 aromatic rings. The lowest BCUT2D eigenvalue weighted by molar-refractivity contribution is 0.386. The van der Waals surface area contributed by atoms with Crippen molar-refractivity contribution in [2.45, 2.75) is 26.2 Å². The number of hydrogen-bond acceptors (Lipinski definition) is 7. The number of hydrogen-bond donors (Lipinski definition) is 1. The smallest absolute Gasteiger partial charge is 0.439 e. The van der Waals surface area contributed by atoms with Gasteiger partial charge in [-0.25, -0.2) is 18.3 Å². The Morgan fingerprint density at radius 1 is 1.02 bits per heavy atom. The summed E-state index contributed by atoms with van der Waals surface area (Å²) in [5, 5.41) is 8.25. The molecule has 0 saturated carbocycles. The fourth-order valence-corrected chi connectivity index (χ4v) is 5.04. The van der Waals surface area contributed by atoms with Gasteiger partial charge in [0.2, 0.25) is 5.78 Å². The highest BCUT2D eigenvalue weighted by atomic mass is 19.1. The van der Waals surface area contributed by atoms with Gasteiger partial charge in [-0.05, 0) is 35.2 Å². The number of fused-ring (bicyclic) bond motifs is 1. The number of aromatic nitrogens is 6. The van der Waals surface area contributed by atoms with E-state index in [-0.39, 0.29) is 11.3 Å². The normalized spacial score (nSPS) is 11.3. The predicted octanol–water partition coefficient (Wildman–Crippen LogP) is 4.58. The fourth-order valence-electron chi connectivity index (χ4n) is 5.04. The van der Waals surface area contributed by atoms with Gasteiger partial charge in [-0.3, -0.25) is 14.3 Å². The molecule has 0 amide bonds. The first-order valence-corrected chi connectivity index (χ1v) is 13.0. The van der Waals surface area contributed by atoms with Gasteiger partial charge in [-0.15, -0.1) is 0 Å². The van der Waals surface area contributed by atoms with Crippen LogP contribution in [0.5, 0.6) is 5.75 Å². The number of benzene rings is 3. The molecule has 0 saturated heterocycles. The summed E-state index contributed by atoms with van der Waals surface area (Å²) in [6.07, 6.45) is 3.18.